The fourth-order valence-electron chi connectivity index (χ4n) is 3.08. The van der Waals surface area contributed by atoms with Gasteiger partial charge in [0, 0.05) is 5.92 Å². The van der Waals surface area contributed by atoms with Gasteiger partial charge in [0.25, 0.3) is 0 Å². The number of esters is 1. The summed E-state index contributed by atoms with van der Waals surface area (Å²) in [6, 6.07) is 5.86. The van der Waals surface area contributed by atoms with Gasteiger partial charge in [-0.05, 0) is 63.1 Å². The highest BCUT2D eigenvalue weighted by molar-refractivity contribution is 7.97. The van der Waals surface area contributed by atoms with E-state index in [0.29, 0.717) is 34.6 Å². The van der Waals surface area contributed by atoms with Crippen LogP contribution in [0.2, 0.25) is 0 Å². The maximum atomic E-state index is 12.6. The molecule has 1 aliphatic carbocycles. The van der Waals surface area contributed by atoms with Crippen molar-refractivity contribution in [2.45, 2.75) is 45.4 Å². The van der Waals surface area contributed by atoms with Gasteiger partial charge in [0.2, 0.25) is 0 Å². The summed E-state index contributed by atoms with van der Waals surface area (Å²) in [5.74, 6) is 1.51. The van der Waals surface area contributed by atoms with E-state index in [1.165, 1.54) is 0 Å². The second kappa shape index (κ2) is 8.05. The summed E-state index contributed by atoms with van der Waals surface area (Å²) in [7, 11) is 0. The molecule has 0 N–H and O–H groups in total. The molecule has 142 valence electrons. The Morgan fingerprint density at radius 2 is 2.04 bits per heavy atom. The first-order valence-electron chi connectivity index (χ1n) is 8.96. The molecule has 1 aromatic carbocycles. The molecular formula is C20H23N3O3S. The number of aryl methyl sites for hydroxylation is 2. The minimum Gasteiger partial charge on any atom is -0.461 e. The van der Waals surface area contributed by atoms with E-state index in [-0.39, 0.29) is 6.61 Å². The number of nitrogens with zero attached hydrogens (tertiary/aromatic N) is 3. The van der Waals surface area contributed by atoms with Crippen molar-refractivity contribution in [1.29, 1.82) is 5.26 Å². The number of benzene rings is 1. The molecule has 7 heteroatoms. The van der Waals surface area contributed by atoms with E-state index in [2.05, 4.69) is 11.2 Å². The first kappa shape index (κ1) is 19.3. The van der Waals surface area contributed by atoms with E-state index < -0.39 is 5.97 Å². The molecular weight excluding hydrogens is 362 g/mol. The number of thioether (sulfide) groups is 1. The van der Waals surface area contributed by atoms with Crippen molar-refractivity contribution in [2.75, 3.05) is 12.9 Å². The fourth-order valence-corrected chi connectivity index (χ4v) is 3.51. The van der Waals surface area contributed by atoms with E-state index in [9.17, 15) is 10.1 Å². The molecule has 1 aromatic heterocycles. The number of nitriles is 1. The Kier molecular flexibility index (Phi) is 5.76. The Morgan fingerprint density at radius 1 is 1.37 bits per heavy atom. The summed E-state index contributed by atoms with van der Waals surface area (Å²) >= 11 is 1.58. The van der Waals surface area contributed by atoms with Crippen LogP contribution >= 0.6 is 11.8 Å². The van der Waals surface area contributed by atoms with Gasteiger partial charge in [-0.25, -0.2) is 9.48 Å². The first-order chi connectivity index (χ1) is 13.0. The largest absolute Gasteiger partial charge is 0.461 e. The predicted molar refractivity (Wildman–Crippen MR) is 104 cm³/mol. The molecule has 2 aromatic rings. The fraction of sp³-hybridized carbons (Fsp3) is 0.450. The summed E-state index contributed by atoms with van der Waals surface area (Å²) in [6.07, 6.45) is 4.04. The van der Waals surface area contributed by atoms with Crippen LogP contribution in [0, 0.1) is 25.2 Å². The summed E-state index contributed by atoms with van der Waals surface area (Å²) in [6.45, 7) is 5.83. The molecule has 1 heterocycles. The summed E-state index contributed by atoms with van der Waals surface area (Å²) in [5.41, 5.74) is 3.50. The highest BCUT2D eigenvalue weighted by atomic mass is 32.2. The average molecular weight is 385 g/mol. The van der Waals surface area contributed by atoms with Gasteiger partial charge >= 0.3 is 5.97 Å². The zero-order chi connectivity index (χ0) is 19.6. The van der Waals surface area contributed by atoms with Crippen LogP contribution in [0.25, 0.3) is 0 Å². The normalized spacial score (nSPS) is 13.3. The lowest BCUT2D eigenvalue weighted by molar-refractivity contribution is 0.0510. The molecule has 0 amide bonds. The number of carbonyl (C=O) groups excluding carboxylic acids is 1. The van der Waals surface area contributed by atoms with Crippen LogP contribution in [0.1, 0.15) is 58.6 Å². The Labute approximate surface area is 163 Å². The average Bonchev–Trinajstić information content (AvgIpc) is 3.39. The van der Waals surface area contributed by atoms with Crippen molar-refractivity contribution in [1.82, 2.24) is 9.78 Å². The van der Waals surface area contributed by atoms with Crippen molar-refractivity contribution in [3.8, 4) is 17.6 Å². The van der Waals surface area contributed by atoms with E-state index >= 15 is 0 Å². The van der Waals surface area contributed by atoms with Crippen LogP contribution in [0.5, 0.6) is 11.5 Å². The molecule has 0 unspecified atom stereocenters. The third kappa shape index (κ3) is 3.96. The van der Waals surface area contributed by atoms with E-state index in [0.717, 1.165) is 29.7 Å². The molecule has 27 heavy (non-hydrogen) atoms. The number of rotatable bonds is 7. The zero-order valence-corrected chi connectivity index (χ0v) is 16.9. The third-order valence-electron chi connectivity index (χ3n) is 4.46. The van der Waals surface area contributed by atoms with Crippen LogP contribution in [0.4, 0.5) is 0 Å². The SMILES string of the molecule is CCOC(=O)c1c(Oc2cc(C)c(C#N)c(C)c2)c(C2CC2)nn1CSC. The maximum absolute atomic E-state index is 12.6. The first-order valence-corrected chi connectivity index (χ1v) is 10.3. The second-order valence-corrected chi connectivity index (χ2v) is 7.46. The van der Waals surface area contributed by atoms with E-state index in [1.54, 1.807) is 23.4 Å². The van der Waals surface area contributed by atoms with Gasteiger partial charge in [0.05, 0.1) is 24.1 Å². The highest BCUT2D eigenvalue weighted by Gasteiger charge is 2.35. The third-order valence-corrected chi connectivity index (χ3v) is 4.96. The van der Waals surface area contributed by atoms with Crippen molar-refractivity contribution < 1.29 is 14.3 Å². The van der Waals surface area contributed by atoms with Gasteiger partial charge < -0.3 is 9.47 Å². The Hall–Kier alpha value is -2.46. The zero-order valence-electron chi connectivity index (χ0n) is 16.0. The molecule has 0 aliphatic heterocycles. The Morgan fingerprint density at radius 3 is 2.56 bits per heavy atom. The molecule has 0 spiro atoms. The second-order valence-electron chi connectivity index (χ2n) is 6.62. The molecule has 6 nitrogen and oxygen atoms in total. The molecule has 0 bridgehead atoms. The predicted octanol–water partition coefficient (Wildman–Crippen LogP) is 4.54. The van der Waals surface area contributed by atoms with Gasteiger partial charge in [0.1, 0.15) is 11.4 Å². The molecule has 3 rings (SSSR count). The quantitative estimate of drug-likeness (QED) is 0.651. The molecule has 1 fully saturated rings. The monoisotopic (exact) mass is 385 g/mol. The van der Waals surface area contributed by atoms with Gasteiger partial charge in [-0.1, -0.05) is 0 Å². The van der Waals surface area contributed by atoms with Crippen molar-refractivity contribution in [3.63, 3.8) is 0 Å². The minimum atomic E-state index is -0.428. The van der Waals surface area contributed by atoms with Crippen LogP contribution in [-0.4, -0.2) is 28.6 Å². The van der Waals surface area contributed by atoms with Gasteiger partial charge in [0.15, 0.2) is 11.4 Å². The van der Waals surface area contributed by atoms with E-state index in [4.69, 9.17) is 9.47 Å². The minimum absolute atomic E-state index is 0.288. The number of carbonyl (C=O) groups is 1. The lowest BCUT2D eigenvalue weighted by atomic mass is 10.0. The molecule has 0 saturated heterocycles. The van der Waals surface area contributed by atoms with Crippen molar-refractivity contribution in [3.05, 3.63) is 40.2 Å². The Bertz CT molecular complexity index is 887. The number of hydrogen-bond acceptors (Lipinski definition) is 6. The van der Waals surface area contributed by atoms with Crippen LogP contribution in [-0.2, 0) is 10.6 Å². The standard InChI is InChI=1S/C20H23N3O3S/c1-5-25-20(24)18-19(17(14-6-7-14)22-23(18)11-27-4)26-15-8-12(2)16(10-21)13(3)9-15/h8-9,14H,5-7,11H2,1-4H3. The van der Waals surface area contributed by atoms with Crippen molar-refractivity contribution >= 4 is 17.7 Å². The topological polar surface area (TPSA) is 77.1 Å². The van der Waals surface area contributed by atoms with Gasteiger partial charge in [-0.2, -0.15) is 10.4 Å². The molecule has 1 aliphatic rings. The summed E-state index contributed by atoms with van der Waals surface area (Å²) in [5, 5.41) is 13.9. The van der Waals surface area contributed by atoms with Crippen molar-refractivity contribution in [2.24, 2.45) is 0 Å². The molecule has 0 atom stereocenters. The highest BCUT2D eigenvalue weighted by Crippen LogP contribution is 2.46. The number of aromatic nitrogens is 2. The van der Waals surface area contributed by atoms with E-state index in [1.807, 2.05) is 32.2 Å². The van der Waals surface area contributed by atoms with Gasteiger partial charge in [-0.15, -0.1) is 11.8 Å². The number of hydrogen-bond donors (Lipinski definition) is 0. The smallest absolute Gasteiger partial charge is 0.360 e. The van der Waals surface area contributed by atoms with Gasteiger partial charge in [-0.3, -0.25) is 0 Å². The van der Waals surface area contributed by atoms with Crippen LogP contribution in [0.3, 0.4) is 0 Å². The number of ether oxygens (including phenoxy) is 2. The maximum Gasteiger partial charge on any atom is 0.360 e. The lowest BCUT2D eigenvalue weighted by Crippen LogP contribution is -2.13. The molecule has 1 saturated carbocycles. The Balaban J connectivity index is 2.08. The summed E-state index contributed by atoms with van der Waals surface area (Å²) < 4.78 is 13.1. The van der Waals surface area contributed by atoms with Crippen LogP contribution in [0.15, 0.2) is 12.1 Å². The lowest BCUT2D eigenvalue weighted by Gasteiger charge is -2.12. The molecule has 0 radical (unpaired) electrons. The van der Waals surface area contributed by atoms with Crippen LogP contribution < -0.4 is 4.74 Å². The summed E-state index contributed by atoms with van der Waals surface area (Å²) in [4.78, 5) is 12.6.